The van der Waals surface area contributed by atoms with Crippen molar-refractivity contribution in [2.45, 2.75) is 77.5 Å². The van der Waals surface area contributed by atoms with E-state index in [1.165, 1.54) is 38.6 Å². The van der Waals surface area contributed by atoms with E-state index in [-0.39, 0.29) is 5.54 Å². The molecule has 3 heteroatoms. The lowest BCUT2D eigenvalue weighted by atomic mass is 9.92. The van der Waals surface area contributed by atoms with Crippen LogP contribution < -0.4 is 5.32 Å². The van der Waals surface area contributed by atoms with E-state index in [2.05, 4.69) is 43.1 Å². The first-order valence-corrected chi connectivity index (χ1v) is 8.58. The summed E-state index contributed by atoms with van der Waals surface area (Å²) >= 11 is 0. The zero-order valence-corrected chi connectivity index (χ0v) is 13.8. The van der Waals surface area contributed by atoms with Gasteiger partial charge in [0.25, 0.3) is 0 Å². The molecule has 0 aromatic carbocycles. The number of nitrogens with one attached hydrogen (secondary N) is 1. The Kier molecular flexibility index (Phi) is 4.41. The van der Waals surface area contributed by atoms with Gasteiger partial charge in [0.05, 0.1) is 13.1 Å². The van der Waals surface area contributed by atoms with E-state index < -0.39 is 0 Å². The van der Waals surface area contributed by atoms with Crippen LogP contribution in [0.15, 0.2) is 16.5 Å². The molecule has 1 aromatic rings. The molecule has 2 atom stereocenters. The van der Waals surface area contributed by atoms with Crippen molar-refractivity contribution in [1.29, 1.82) is 0 Å². The number of furan rings is 1. The number of likely N-dealkylation sites (tertiary alicyclic amines) is 1. The van der Waals surface area contributed by atoms with Gasteiger partial charge in [-0.1, -0.05) is 6.42 Å². The van der Waals surface area contributed by atoms with Crippen molar-refractivity contribution >= 4 is 0 Å². The maximum Gasteiger partial charge on any atom is 0.118 e. The van der Waals surface area contributed by atoms with Crippen LogP contribution in [0.5, 0.6) is 0 Å². The molecule has 0 radical (unpaired) electrons. The van der Waals surface area contributed by atoms with Crippen LogP contribution in [0.2, 0.25) is 0 Å². The van der Waals surface area contributed by atoms with Crippen LogP contribution in [0, 0.1) is 5.92 Å². The van der Waals surface area contributed by atoms with Crippen molar-refractivity contribution in [3.8, 4) is 0 Å². The highest BCUT2D eigenvalue weighted by molar-refractivity contribution is 5.08. The number of piperidine rings is 1. The van der Waals surface area contributed by atoms with Gasteiger partial charge in [-0.2, -0.15) is 0 Å². The Hall–Kier alpha value is -0.800. The predicted molar refractivity (Wildman–Crippen MR) is 86.1 cm³/mol. The normalized spacial score (nSPS) is 27.0. The molecule has 3 rings (SSSR count). The van der Waals surface area contributed by atoms with Gasteiger partial charge in [0.15, 0.2) is 0 Å². The van der Waals surface area contributed by atoms with E-state index in [1.54, 1.807) is 0 Å². The fourth-order valence-electron chi connectivity index (χ4n) is 3.91. The minimum Gasteiger partial charge on any atom is -0.463 e. The Morgan fingerprint density at radius 3 is 2.71 bits per heavy atom. The lowest BCUT2D eigenvalue weighted by Crippen LogP contribution is -2.41. The van der Waals surface area contributed by atoms with Crippen molar-refractivity contribution < 1.29 is 4.42 Å². The summed E-state index contributed by atoms with van der Waals surface area (Å²) in [4.78, 5) is 2.67. The van der Waals surface area contributed by atoms with Gasteiger partial charge in [-0.3, -0.25) is 4.90 Å². The SMILES string of the molecule is CC(C)(C)NCc1ccc(CN2CCCC3CCCC32)o1. The molecule has 1 aliphatic carbocycles. The molecule has 2 fully saturated rings. The second-order valence-electron chi connectivity index (χ2n) is 7.84. The van der Waals surface area contributed by atoms with Crippen molar-refractivity contribution in [3.63, 3.8) is 0 Å². The lowest BCUT2D eigenvalue weighted by Gasteiger charge is -2.37. The third-order valence-corrected chi connectivity index (χ3v) is 4.98. The fraction of sp³-hybridized carbons (Fsp3) is 0.778. The topological polar surface area (TPSA) is 28.4 Å². The molecular weight excluding hydrogens is 260 g/mol. The van der Waals surface area contributed by atoms with Crippen LogP contribution in [0.25, 0.3) is 0 Å². The maximum absolute atomic E-state index is 6.03. The van der Waals surface area contributed by atoms with Gasteiger partial charge >= 0.3 is 0 Å². The standard InChI is InChI=1S/C18H30N2O/c1-18(2,3)19-12-15-9-10-16(21-15)13-20-11-5-7-14-6-4-8-17(14)20/h9-10,14,17,19H,4-8,11-13H2,1-3H3. The van der Waals surface area contributed by atoms with Crippen LogP contribution in [0.1, 0.15) is 64.4 Å². The highest BCUT2D eigenvalue weighted by Gasteiger charge is 2.35. The van der Waals surface area contributed by atoms with E-state index in [1.807, 2.05) is 0 Å². The average Bonchev–Trinajstić information content (AvgIpc) is 3.04. The van der Waals surface area contributed by atoms with Gasteiger partial charge in [-0.15, -0.1) is 0 Å². The summed E-state index contributed by atoms with van der Waals surface area (Å²) in [6, 6.07) is 5.11. The van der Waals surface area contributed by atoms with Gasteiger partial charge in [0.2, 0.25) is 0 Å². The summed E-state index contributed by atoms with van der Waals surface area (Å²) in [7, 11) is 0. The largest absolute Gasteiger partial charge is 0.463 e. The first-order valence-electron chi connectivity index (χ1n) is 8.58. The third-order valence-electron chi connectivity index (χ3n) is 4.98. The molecule has 1 saturated heterocycles. The highest BCUT2D eigenvalue weighted by Crippen LogP contribution is 2.37. The first kappa shape index (κ1) is 15.1. The highest BCUT2D eigenvalue weighted by atomic mass is 16.3. The predicted octanol–water partition coefficient (Wildman–Crippen LogP) is 3.93. The minimum absolute atomic E-state index is 0.136. The molecule has 1 saturated carbocycles. The van der Waals surface area contributed by atoms with Crippen LogP contribution in [0.3, 0.4) is 0 Å². The van der Waals surface area contributed by atoms with Gasteiger partial charge in [-0.05, 0) is 71.0 Å². The number of rotatable bonds is 4. The molecule has 1 N–H and O–H groups in total. The summed E-state index contributed by atoms with van der Waals surface area (Å²) in [6.07, 6.45) is 7.06. The maximum atomic E-state index is 6.03. The monoisotopic (exact) mass is 290 g/mol. The van der Waals surface area contributed by atoms with Crippen LogP contribution in [-0.2, 0) is 13.1 Å². The van der Waals surface area contributed by atoms with E-state index in [4.69, 9.17) is 4.42 Å². The van der Waals surface area contributed by atoms with E-state index in [0.29, 0.717) is 0 Å². The van der Waals surface area contributed by atoms with Crippen molar-refractivity contribution in [3.05, 3.63) is 23.7 Å². The fourth-order valence-corrected chi connectivity index (χ4v) is 3.91. The van der Waals surface area contributed by atoms with Crippen molar-refractivity contribution in [2.24, 2.45) is 5.92 Å². The van der Waals surface area contributed by atoms with Gasteiger partial charge in [-0.25, -0.2) is 0 Å². The number of fused-ring (bicyclic) bond motifs is 1. The Bertz CT molecular complexity index is 460. The third kappa shape index (κ3) is 3.89. The number of hydrogen-bond acceptors (Lipinski definition) is 3. The summed E-state index contributed by atoms with van der Waals surface area (Å²) in [5.74, 6) is 3.14. The Morgan fingerprint density at radius 1 is 1.14 bits per heavy atom. The van der Waals surface area contributed by atoms with Gasteiger partial charge < -0.3 is 9.73 Å². The molecule has 3 nitrogen and oxygen atoms in total. The molecular formula is C18H30N2O. The Morgan fingerprint density at radius 2 is 1.90 bits per heavy atom. The molecule has 0 bridgehead atoms. The zero-order chi connectivity index (χ0) is 14.9. The van der Waals surface area contributed by atoms with E-state index in [9.17, 15) is 0 Å². The smallest absolute Gasteiger partial charge is 0.118 e. The summed E-state index contributed by atoms with van der Waals surface area (Å²) < 4.78 is 6.03. The van der Waals surface area contributed by atoms with E-state index in [0.717, 1.165) is 36.6 Å². The first-order chi connectivity index (χ1) is 10.0. The quantitative estimate of drug-likeness (QED) is 0.910. The Labute approximate surface area is 129 Å². The molecule has 2 unspecified atom stereocenters. The van der Waals surface area contributed by atoms with Crippen molar-refractivity contribution in [1.82, 2.24) is 10.2 Å². The molecule has 1 aromatic heterocycles. The minimum atomic E-state index is 0.136. The van der Waals surface area contributed by atoms with Crippen LogP contribution in [0.4, 0.5) is 0 Å². The van der Waals surface area contributed by atoms with Crippen molar-refractivity contribution in [2.75, 3.05) is 6.54 Å². The van der Waals surface area contributed by atoms with Gasteiger partial charge in [0.1, 0.15) is 11.5 Å². The zero-order valence-electron chi connectivity index (χ0n) is 13.8. The molecule has 0 spiro atoms. The summed E-state index contributed by atoms with van der Waals surface area (Å²) in [5, 5.41) is 3.48. The second kappa shape index (κ2) is 6.13. The molecule has 0 amide bonds. The van der Waals surface area contributed by atoms with Gasteiger partial charge in [0, 0.05) is 11.6 Å². The molecule has 1 aliphatic heterocycles. The molecule has 2 aliphatic rings. The average molecular weight is 290 g/mol. The summed E-state index contributed by atoms with van der Waals surface area (Å²) in [5.41, 5.74) is 0.136. The van der Waals surface area contributed by atoms with Crippen LogP contribution >= 0.6 is 0 Å². The molecule has 2 heterocycles. The molecule has 118 valence electrons. The Balaban J connectivity index is 1.56. The van der Waals surface area contributed by atoms with Crippen LogP contribution in [-0.4, -0.2) is 23.0 Å². The summed E-state index contributed by atoms with van der Waals surface area (Å²) in [6.45, 7) is 9.62. The van der Waals surface area contributed by atoms with E-state index >= 15 is 0 Å². The molecule has 21 heavy (non-hydrogen) atoms. The number of hydrogen-bond donors (Lipinski definition) is 1. The second-order valence-corrected chi connectivity index (χ2v) is 7.84. The number of nitrogens with zero attached hydrogens (tertiary/aromatic N) is 1. The lowest BCUT2D eigenvalue weighted by molar-refractivity contribution is 0.0973.